The van der Waals surface area contributed by atoms with E-state index in [4.69, 9.17) is 18.3 Å². The van der Waals surface area contributed by atoms with Gasteiger partial charge < -0.3 is 23.0 Å². The second-order valence-electron chi connectivity index (χ2n) is 6.73. The van der Waals surface area contributed by atoms with Gasteiger partial charge in [-0.2, -0.15) is 13.2 Å². The fourth-order valence-electron chi connectivity index (χ4n) is 2.95. The maximum Gasteiger partial charge on any atom is 0.453 e. The zero-order chi connectivity index (χ0) is 24.5. The van der Waals surface area contributed by atoms with Gasteiger partial charge in [-0.15, -0.1) is 0 Å². The predicted octanol–water partition coefficient (Wildman–Crippen LogP) is 5.20. The van der Waals surface area contributed by atoms with E-state index >= 15 is 0 Å². The number of fused-ring (bicyclic) bond motifs is 1. The highest BCUT2D eigenvalue weighted by molar-refractivity contribution is 5.90. The van der Waals surface area contributed by atoms with Gasteiger partial charge in [0.15, 0.2) is 0 Å². The lowest BCUT2D eigenvalue weighted by Crippen LogP contribution is -2.15. The molecule has 2 heterocycles. The molecule has 0 N–H and O–H groups in total. The highest BCUT2D eigenvalue weighted by atomic mass is 19.4. The van der Waals surface area contributed by atoms with Crippen LogP contribution in [0.2, 0.25) is 0 Å². The van der Waals surface area contributed by atoms with Crippen LogP contribution in [0.3, 0.4) is 0 Å². The van der Waals surface area contributed by atoms with E-state index in [1.165, 1.54) is 55.8 Å². The SMILES string of the molecule is COC(=O)c1ccc(Oc2c(C(F)(F)F)oc3cc(OC(=O)c4ccco4)ccc3c2=O)cc1. The van der Waals surface area contributed by atoms with Crippen LogP contribution in [0.1, 0.15) is 26.7 Å². The number of esters is 2. The lowest BCUT2D eigenvalue weighted by molar-refractivity contribution is -0.154. The number of ether oxygens (including phenoxy) is 3. The summed E-state index contributed by atoms with van der Waals surface area (Å²) in [5.74, 6) is -4.76. The molecule has 0 amide bonds. The number of hydrogen-bond donors (Lipinski definition) is 0. The average molecular weight is 474 g/mol. The third-order valence-electron chi connectivity index (χ3n) is 4.51. The summed E-state index contributed by atoms with van der Waals surface area (Å²) in [5, 5.41) is -0.244. The molecular formula is C23H13F3O8. The Hall–Kier alpha value is -4.54. The lowest BCUT2D eigenvalue weighted by atomic mass is 10.2. The molecule has 0 unspecified atom stereocenters. The minimum atomic E-state index is -5.09. The first-order valence-corrected chi connectivity index (χ1v) is 9.47. The van der Waals surface area contributed by atoms with Crippen molar-refractivity contribution in [2.24, 2.45) is 0 Å². The van der Waals surface area contributed by atoms with Crippen molar-refractivity contribution in [1.82, 2.24) is 0 Å². The molecule has 0 aliphatic heterocycles. The van der Waals surface area contributed by atoms with Gasteiger partial charge in [0.05, 0.1) is 24.3 Å². The fourth-order valence-corrected chi connectivity index (χ4v) is 2.95. The van der Waals surface area contributed by atoms with Gasteiger partial charge >= 0.3 is 18.1 Å². The van der Waals surface area contributed by atoms with E-state index in [0.29, 0.717) is 0 Å². The van der Waals surface area contributed by atoms with Gasteiger partial charge in [-0.3, -0.25) is 4.79 Å². The molecule has 8 nitrogen and oxygen atoms in total. The number of halogens is 3. The number of methoxy groups -OCH3 is 1. The van der Waals surface area contributed by atoms with Crippen molar-refractivity contribution < 1.29 is 45.8 Å². The Kier molecular flexibility index (Phi) is 5.84. The Balaban J connectivity index is 1.73. The van der Waals surface area contributed by atoms with Crippen LogP contribution in [0.4, 0.5) is 13.2 Å². The van der Waals surface area contributed by atoms with E-state index in [2.05, 4.69) is 4.74 Å². The van der Waals surface area contributed by atoms with E-state index in [1.54, 1.807) is 0 Å². The smallest absolute Gasteiger partial charge is 0.453 e. The predicted molar refractivity (Wildman–Crippen MR) is 109 cm³/mol. The highest BCUT2D eigenvalue weighted by Gasteiger charge is 2.40. The topological polar surface area (TPSA) is 105 Å². The van der Waals surface area contributed by atoms with Crippen molar-refractivity contribution in [3.05, 3.63) is 88.2 Å². The van der Waals surface area contributed by atoms with Gasteiger partial charge in [0.1, 0.15) is 17.1 Å². The van der Waals surface area contributed by atoms with Crippen LogP contribution in [0.5, 0.6) is 17.2 Å². The first-order chi connectivity index (χ1) is 16.2. The van der Waals surface area contributed by atoms with Gasteiger partial charge in [0.2, 0.25) is 16.9 Å². The summed E-state index contributed by atoms with van der Waals surface area (Å²) < 4.78 is 65.8. The molecule has 174 valence electrons. The molecule has 4 rings (SSSR count). The summed E-state index contributed by atoms with van der Waals surface area (Å²) in [5.41, 5.74) is -1.45. The highest BCUT2D eigenvalue weighted by Crippen LogP contribution is 2.38. The number of benzene rings is 2. The quantitative estimate of drug-likeness (QED) is 0.287. The van der Waals surface area contributed by atoms with Gasteiger partial charge in [-0.05, 0) is 48.5 Å². The summed E-state index contributed by atoms with van der Waals surface area (Å²) in [6.07, 6.45) is -3.84. The zero-order valence-corrected chi connectivity index (χ0v) is 17.2. The minimum absolute atomic E-state index is 0.125. The third kappa shape index (κ3) is 4.49. The molecule has 0 fully saturated rings. The van der Waals surface area contributed by atoms with Crippen LogP contribution < -0.4 is 14.9 Å². The molecule has 2 aromatic heterocycles. The molecule has 0 spiro atoms. The molecule has 2 aromatic carbocycles. The number of carbonyl (C=O) groups excluding carboxylic acids is 2. The average Bonchev–Trinajstić information content (AvgIpc) is 3.35. The van der Waals surface area contributed by atoms with E-state index in [1.807, 2.05) is 0 Å². The number of furan rings is 1. The number of alkyl halides is 3. The Bertz CT molecular complexity index is 1420. The molecule has 34 heavy (non-hydrogen) atoms. The number of rotatable bonds is 5. The van der Waals surface area contributed by atoms with Crippen molar-refractivity contribution in [3.8, 4) is 17.2 Å². The zero-order valence-electron chi connectivity index (χ0n) is 17.2. The van der Waals surface area contributed by atoms with Gasteiger partial charge in [0, 0.05) is 6.07 Å². The molecule has 0 bridgehead atoms. The number of carbonyl (C=O) groups is 2. The summed E-state index contributed by atoms with van der Waals surface area (Å²) in [7, 11) is 1.17. The first kappa shape index (κ1) is 22.6. The molecule has 0 saturated carbocycles. The van der Waals surface area contributed by atoms with Crippen LogP contribution in [0.15, 0.2) is 74.5 Å². The second-order valence-corrected chi connectivity index (χ2v) is 6.73. The molecular weight excluding hydrogens is 461 g/mol. The van der Waals surface area contributed by atoms with Crippen molar-refractivity contribution >= 4 is 22.9 Å². The molecule has 0 atom stereocenters. The van der Waals surface area contributed by atoms with Crippen molar-refractivity contribution in [2.45, 2.75) is 6.18 Å². The Morgan fingerprint density at radius 3 is 2.26 bits per heavy atom. The largest absolute Gasteiger partial charge is 0.465 e. The normalized spacial score (nSPS) is 11.3. The van der Waals surface area contributed by atoms with Crippen LogP contribution >= 0.6 is 0 Å². The lowest BCUT2D eigenvalue weighted by Gasteiger charge is -2.13. The van der Waals surface area contributed by atoms with Crippen LogP contribution in [-0.4, -0.2) is 19.0 Å². The standard InChI is InChI=1S/C23H13F3O8/c1-30-21(28)12-4-6-13(7-5-12)32-19-18(27)15-9-8-14(33-22(29)16-3-2-10-31-16)11-17(15)34-20(19)23(24,25)26/h2-11H,1H3. The molecule has 0 radical (unpaired) electrons. The van der Waals surface area contributed by atoms with Crippen molar-refractivity contribution in [2.75, 3.05) is 7.11 Å². The van der Waals surface area contributed by atoms with Crippen molar-refractivity contribution in [3.63, 3.8) is 0 Å². The molecule has 0 saturated heterocycles. The summed E-state index contributed by atoms with van der Waals surface area (Å²) in [6.45, 7) is 0. The van der Waals surface area contributed by atoms with Crippen LogP contribution in [0.25, 0.3) is 11.0 Å². The van der Waals surface area contributed by atoms with Crippen LogP contribution in [0, 0.1) is 0 Å². The molecule has 4 aromatic rings. The fraction of sp³-hybridized carbons (Fsp3) is 0.0870. The van der Waals surface area contributed by atoms with Crippen molar-refractivity contribution in [1.29, 1.82) is 0 Å². The first-order valence-electron chi connectivity index (χ1n) is 9.47. The maximum absolute atomic E-state index is 13.7. The molecule has 0 aliphatic carbocycles. The third-order valence-corrected chi connectivity index (χ3v) is 4.51. The summed E-state index contributed by atoms with van der Waals surface area (Å²) in [6, 6.07) is 11.0. The van der Waals surface area contributed by atoms with Gasteiger partial charge in [0.25, 0.3) is 5.76 Å². The van der Waals surface area contributed by atoms with Gasteiger partial charge in [-0.1, -0.05) is 0 Å². The molecule has 0 aliphatic rings. The van der Waals surface area contributed by atoms with E-state index in [9.17, 15) is 27.6 Å². The van der Waals surface area contributed by atoms with E-state index in [0.717, 1.165) is 12.1 Å². The number of hydrogen-bond acceptors (Lipinski definition) is 8. The summed E-state index contributed by atoms with van der Waals surface area (Å²) >= 11 is 0. The Morgan fingerprint density at radius 1 is 0.941 bits per heavy atom. The monoisotopic (exact) mass is 474 g/mol. The van der Waals surface area contributed by atoms with Gasteiger partial charge in [-0.25, -0.2) is 9.59 Å². The Labute approximate surface area is 188 Å². The van der Waals surface area contributed by atoms with E-state index < -0.39 is 40.6 Å². The second kappa shape index (κ2) is 8.77. The maximum atomic E-state index is 13.7. The summed E-state index contributed by atoms with van der Waals surface area (Å²) in [4.78, 5) is 36.4. The Morgan fingerprint density at radius 2 is 1.65 bits per heavy atom. The molecule has 11 heteroatoms. The minimum Gasteiger partial charge on any atom is -0.465 e. The van der Waals surface area contributed by atoms with E-state index in [-0.39, 0.29) is 28.2 Å². The van der Waals surface area contributed by atoms with Crippen LogP contribution in [-0.2, 0) is 10.9 Å².